The summed E-state index contributed by atoms with van der Waals surface area (Å²) >= 11 is 3.42. The molecule has 0 bridgehead atoms. The molecular weight excluding hydrogens is 362 g/mol. The highest BCUT2D eigenvalue weighted by molar-refractivity contribution is 9.10. The number of nitrogens with one attached hydrogen (secondary N) is 1. The summed E-state index contributed by atoms with van der Waals surface area (Å²) in [6.07, 6.45) is 1.60. The van der Waals surface area contributed by atoms with Gasteiger partial charge in [-0.2, -0.15) is 15.6 Å². The number of nitrogens with two attached hydrogens (primary N) is 1. The van der Waals surface area contributed by atoms with Gasteiger partial charge in [-0.3, -0.25) is 5.10 Å². The molecular formula is C15H12BrN5O2. The van der Waals surface area contributed by atoms with Crippen LogP contribution in [0.4, 0.5) is 5.82 Å². The molecule has 0 aliphatic rings. The average molecular weight is 374 g/mol. The van der Waals surface area contributed by atoms with Crippen LogP contribution in [0.15, 0.2) is 16.6 Å². The quantitative estimate of drug-likeness (QED) is 0.794. The van der Waals surface area contributed by atoms with E-state index in [1.807, 2.05) is 12.1 Å². The second kappa shape index (κ2) is 6.86. The lowest BCUT2D eigenvalue weighted by Crippen LogP contribution is -1.93. The number of hydrogen-bond acceptors (Lipinski definition) is 6. The van der Waals surface area contributed by atoms with Crippen molar-refractivity contribution in [2.75, 3.05) is 20.0 Å². The van der Waals surface area contributed by atoms with Gasteiger partial charge in [-0.1, -0.05) is 15.9 Å². The fourth-order valence-electron chi connectivity index (χ4n) is 1.96. The summed E-state index contributed by atoms with van der Waals surface area (Å²) in [7, 11) is 3.06. The highest BCUT2D eigenvalue weighted by Crippen LogP contribution is 2.35. The van der Waals surface area contributed by atoms with Gasteiger partial charge in [0, 0.05) is 4.47 Å². The normalized spacial score (nSPS) is 10.7. The molecule has 0 unspecified atom stereocenters. The Hall–Kier alpha value is -2.97. The SMILES string of the molecule is COc1cc(Br)c(/C=C(\C#N)c2[nH]nc(N)c2C#N)cc1OC. The number of rotatable bonds is 4. The van der Waals surface area contributed by atoms with Crippen molar-refractivity contribution in [2.45, 2.75) is 0 Å². The fourth-order valence-corrected chi connectivity index (χ4v) is 2.40. The third-order valence-corrected chi connectivity index (χ3v) is 3.79. The van der Waals surface area contributed by atoms with Crippen molar-refractivity contribution >= 4 is 33.4 Å². The van der Waals surface area contributed by atoms with Crippen molar-refractivity contribution in [3.63, 3.8) is 0 Å². The molecule has 8 heteroatoms. The topological polar surface area (TPSA) is 121 Å². The average Bonchev–Trinajstić information content (AvgIpc) is 2.93. The molecule has 1 aromatic heterocycles. The molecule has 0 saturated carbocycles. The number of H-pyrrole nitrogens is 1. The van der Waals surface area contributed by atoms with Crippen LogP contribution in [0.2, 0.25) is 0 Å². The molecule has 0 saturated heterocycles. The van der Waals surface area contributed by atoms with E-state index in [1.54, 1.807) is 18.2 Å². The van der Waals surface area contributed by atoms with Gasteiger partial charge in [0.25, 0.3) is 0 Å². The number of allylic oxidation sites excluding steroid dienone is 1. The van der Waals surface area contributed by atoms with Gasteiger partial charge >= 0.3 is 0 Å². The van der Waals surface area contributed by atoms with Crippen LogP contribution in [0.5, 0.6) is 11.5 Å². The highest BCUT2D eigenvalue weighted by atomic mass is 79.9. The first-order valence-corrected chi connectivity index (χ1v) is 7.12. The van der Waals surface area contributed by atoms with Crippen molar-refractivity contribution < 1.29 is 9.47 Å². The van der Waals surface area contributed by atoms with Gasteiger partial charge in [0.1, 0.15) is 17.7 Å². The zero-order chi connectivity index (χ0) is 17.0. The maximum Gasteiger partial charge on any atom is 0.163 e. The maximum absolute atomic E-state index is 9.40. The molecule has 1 aromatic carbocycles. The molecule has 0 aliphatic carbocycles. The monoisotopic (exact) mass is 373 g/mol. The van der Waals surface area contributed by atoms with E-state index < -0.39 is 0 Å². The maximum atomic E-state index is 9.40. The number of aromatic amines is 1. The van der Waals surface area contributed by atoms with Crippen LogP contribution >= 0.6 is 15.9 Å². The van der Waals surface area contributed by atoms with Crippen molar-refractivity contribution in [2.24, 2.45) is 0 Å². The van der Waals surface area contributed by atoms with Crippen LogP contribution in [0.3, 0.4) is 0 Å². The lowest BCUT2D eigenvalue weighted by molar-refractivity contribution is 0.354. The Morgan fingerprint density at radius 3 is 2.52 bits per heavy atom. The molecule has 3 N–H and O–H groups in total. The van der Waals surface area contributed by atoms with E-state index in [1.165, 1.54) is 14.2 Å². The lowest BCUT2D eigenvalue weighted by Gasteiger charge is -2.10. The van der Waals surface area contributed by atoms with Crippen LogP contribution in [-0.4, -0.2) is 24.4 Å². The van der Waals surface area contributed by atoms with Crippen molar-refractivity contribution in [3.8, 4) is 23.6 Å². The Bertz CT molecular complexity index is 858. The van der Waals surface area contributed by atoms with Crippen LogP contribution in [-0.2, 0) is 0 Å². The molecule has 1 heterocycles. The van der Waals surface area contributed by atoms with E-state index in [9.17, 15) is 5.26 Å². The predicted molar refractivity (Wildman–Crippen MR) is 88.4 cm³/mol. The van der Waals surface area contributed by atoms with E-state index >= 15 is 0 Å². The number of nitrogen functional groups attached to an aromatic ring is 1. The molecule has 2 rings (SSSR count). The third-order valence-electron chi connectivity index (χ3n) is 3.10. The molecule has 0 amide bonds. The minimum Gasteiger partial charge on any atom is -0.493 e. The second-order valence-corrected chi connectivity index (χ2v) is 5.22. The van der Waals surface area contributed by atoms with Crippen LogP contribution in [0, 0.1) is 22.7 Å². The molecule has 116 valence electrons. The second-order valence-electron chi connectivity index (χ2n) is 4.37. The van der Waals surface area contributed by atoms with Gasteiger partial charge in [-0.25, -0.2) is 0 Å². The van der Waals surface area contributed by atoms with Crippen LogP contribution < -0.4 is 15.2 Å². The van der Waals surface area contributed by atoms with Crippen molar-refractivity contribution in [1.82, 2.24) is 10.2 Å². The van der Waals surface area contributed by atoms with E-state index in [4.69, 9.17) is 20.5 Å². The molecule has 0 radical (unpaired) electrons. The van der Waals surface area contributed by atoms with Crippen LogP contribution in [0.1, 0.15) is 16.8 Å². The van der Waals surface area contributed by atoms with E-state index in [0.717, 1.165) is 0 Å². The zero-order valence-corrected chi connectivity index (χ0v) is 13.9. The summed E-state index contributed by atoms with van der Waals surface area (Å²) < 4.78 is 11.2. The third kappa shape index (κ3) is 3.12. The number of anilines is 1. The number of hydrogen-bond donors (Lipinski definition) is 2. The highest BCUT2D eigenvalue weighted by Gasteiger charge is 2.16. The number of ether oxygens (including phenoxy) is 2. The number of benzene rings is 1. The first-order valence-electron chi connectivity index (χ1n) is 6.33. The van der Waals surface area contributed by atoms with Crippen LogP contribution in [0.25, 0.3) is 11.6 Å². The molecule has 2 aromatic rings. The smallest absolute Gasteiger partial charge is 0.163 e. The first-order chi connectivity index (χ1) is 11.0. The zero-order valence-electron chi connectivity index (χ0n) is 12.3. The summed E-state index contributed by atoms with van der Waals surface area (Å²) in [5, 5.41) is 24.9. The Labute approximate surface area is 141 Å². The number of aromatic nitrogens is 2. The lowest BCUT2D eigenvalue weighted by atomic mass is 10.1. The molecule has 0 aliphatic heterocycles. The first kappa shape index (κ1) is 16.4. The van der Waals surface area contributed by atoms with Crippen molar-refractivity contribution in [1.29, 1.82) is 10.5 Å². The van der Waals surface area contributed by atoms with Crippen molar-refractivity contribution in [3.05, 3.63) is 33.4 Å². The minimum absolute atomic E-state index is 0.0510. The summed E-state index contributed by atoms with van der Waals surface area (Å²) in [5.41, 5.74) is 6.91. The molecule has 0 atom stereocenters. The van der Waals surface area contributed by atoms with Gasteiger partial charge in [0.2, 0.25) is 0 Å². The van der Waals surface area contributed by atoms with E-state index in [-0.39, 0.29) is 22.6 Å². The number of nitrogens with zero attached hydrogens (tertiary/aromatic N) is 3. The molecule has 0 fully saturated rings. The Morgan fingerprint density at radius 2 is 1.96 bits per heavy atom. The van der Waals surface area contributed by atoms with Gasteiger partial charge in [-0.05, 0) is 23.8 Å². The Morgan fingerprint density at radius 1 is 1.30 bits per heavy atom. The molecule has 0 spiro atoms. The summed E-state index contributed by atoms with van der Waals surface area (Å²) in [4.78, 5) is 0. The number of methoxy groups -OCH3 is 2. The van der Waals surface area contributed by atoms with Gasteiger partial charge in [-0.15, -0.1) is 0 Å². The Kier molecular flexibility index (Phi) is 4.89. The fraction of sp³-hybridized carbons (Fsp3) is 0.133. The molecule has 7 nitrogen and oxygen atoms in total. The van der Waals surface area contributed by atoms with E-state index in [2.05, 4.69) is 26.1 Å². The standard InChI is InChI=1S/C15H12BrN5O2/c1-22-12-4-8(11(16)5-13(12)23-2)3-9(6-17)14-10(7-18)15(19)21-20-14/h3-5H,1-2H3,(H3,19,20,21)/b9-3+. The Balaban J connectivity index is 2.59. The summed E-state index contributed by atoms with van der Waals surface area (Å²) in [5.74, 6) is 1.12. The predicted octanol–water partition coefficient (Wildman–Crippen LogP) is 2.71. The summed E-state index contributed by atoms with van der Waals surface area (Å²) in [6.45, 7) is 0. The minimum atomic E-state index is 0.0510. The molecule has 23 heavy (non-hydrogen) atoms. The largest absolute Gasteiger partial charge is 0.493 e. The summed E-state index contributed by atoms with van der Waals surface area (Å²) in [6, 6.07) is 7.41. The van der Waals surface area contributed by atoms with Gasteiger partial charge in [0.05, 0.1) is 25.5 Å². The van der Waals surface area contributed by atoms with E-state index in [0.29, 0.717) is 21.5 Å². The van der Waals surface area contributed by atoms with Gasteiger partial charge < -0.3 is 15.2 Å². The van der Waals surface area contributed by atoms with Gasteiger partial charge in [0.15, 0.2) is 17.3 Å². The number of nitriles is 2. The number of halogens is 1.